The van der Waals surface area contributed by atoms with Crippen LogP contribution in [0, 0.1) is 5.82 Å². The highest BCUT2D eigenvalue weighted by molar-refractivity contribution is 5.98. The van der Waals surface area contributed by atoms with Crippen LogP contribution in [-0.2, 0) is 4.79 Å². The highest BCUT2D eigenvalue weighted by atomic mass is 19.1. The zero-order valence-corrected chi connectivity index (χ0v) is 14.0. The molecule has 26 heavy (non-hydrogen) atoms. The molecule has 0 aliphatic carbocycles. The van der Waals surface area contributed by atoms with Crippen molar-refractivity contribution in [3.63, 3.8) is 0 Å². The molecule has 0 fully saturated rings. The Balaban J connectivity index is 1.78. The number of amides is 3. The molecule has 3 amide bonds. The Morgan fingerprint density at radius 3 is 2.31 bits per heavy atom. The molecule has 0 saturated carbocycles. The van der Waals surface area contributed by atoms with Crippen molar-refractivity contribution in [2.24, 2.45) is 0 Å². The van der Waals surface area contributed by atoms with Gasteiger partial charge in [0.25, 0.3) is 17.7 Å². The summed E-state index contributed by atoms with van der Waals surface area (Å²) in [6, 6.07) is 11.8. The molecule has 0 aliphatic rings. The summed E-state index contributed by atoms with van der Waals surface area (Å²) in [5.41, 5.74) is 4.33. The minimum Gasteiger partial charge on any atom is -0.494 e. The molecule has 0 aliphatic heterocycles. The van der Waals surface area contributed by atoms with Gasteiger partial charge in [-0.2, -0.15) is 0 Å². The molecule has 0 unspecified atom stereocenters. The maximum atomic E-state index is 13.4. The number of benzene rings is 2. The van der Waals surface area contributed by atoms with Crippen molar-refractivity contribution >= 4 is 17.7 Å². The molecule has 136 valence electrons. The van der Waals surface area contributed by atoms with Crippen LogP contribution in [-0.4, -0.2) is 30.9 Å². The Labute approximate surface area is 149 Å². The summed E-state index contributed by atoms with van der Waals surface area (Å²) < 4.78 is 18.7. The number of rotatable bonds is 6. The third kappa shape index (κ3) is 5.30. The summed E-state index contributed by atoms with van der Waals surface area (Å²) in [6.07, 6.45) is 0. The number of halogens is 1. The Kier molecular flexibility index (Phi) is 6.67. The van der Waals surface area contributed by atoms with Crippen molar-refractivity contribution in [3.8, 4) is 5.75 Å². The monoisotopic (exact) mass is 359 g/mol. The zero-order chi connectivity index (χ0) is 18.9. The summed E-state index contributed by atoms with van der Waals surface area (Å²) in [4.78, 5) is 35.4. The molecule has 2 rings (SSSR count). The molecule has 0 spiro atoms. The average Bonchev–Trinajstić information content (AvgIpc) is 2.65. The van der Waals surface area contributed by atoms with Crippen molar-refractivity contribution in [2.45, 2.75) is 6.92 Å². The first kappa shape index (κ1) is 18.9. The molecular weight excluding hydrogens is 341 g/mol. The van der Waals surface area contributed by atoms with Crippen LogP contribution < -0.4 is 20.9 Å². The van der Waals surface area contributed by atoms with Crippen LogP contribution in [0.15, 0.2) is 48.5 Å². The van der Waals surface area contributed by atoms with Crippen LogP contribution in [0.25, 0.3) is 0 Å². The number of nitrogens with one attached hydrogen (secondary N) is 3. The summed E-state index contributed by atoms with van der Waals surface area (Å²) in [5.74, 6) is -1.98. The second-order valence-electron chi connectivity index (χ2n) is 5.12. The van der Waals surface area contributed by atoms with Gasteiger partial charge in [0, 0.05) is 5.56 Å². The molecule has 0 aromatic heterocycles. The quantitative estimate of drug-likeness (QED) is 0.680. The summed E-state index contributed by atoms with van der Waals surface area (Å²) in [6.45, 7) is 2.01. The molecule has 7 nitrogen and oxygen atoms in total. The van der Waals surface area contributed by atoms with E-state index in [4.69, 9.17) is 4.74 Å². The van der Waals surface area contributed by atoms with Crippen LogP contribution >= 0.6 is 0 Å². The molecule has 2 aromatic rings. The summed E-state index contributed by atoms with van der Waals surface area (Å²) >= 11 is 0. The smallest absolute Gasteiger partial charge is 0.272 e. The second kappa shape index (κ2) is 9.16. The van der Waals surface area contributed by atoms with Crippen LogP contribution in [0.4, 0.5) is 4.39 Å². The van der Waals surface area contributed by atoms with Gasteiger partial charge in [0.2, 0.25) is 0 Å². The molecule has 0 radical (unpaired) electrons. The number of ether oxygens (including phenoxy) is 1. The average molecular weight is 359 g/mol. The fourth-order valence-corrected chi connectivity index (χ4v) is 2.02. The largest absolute Gasteiger partial charge is 0.494 e. The first-order chi connectivity index (χ1) is 12.5. The third-order valence-electron chi connectivity index (χ3n) is 3.27. The molecule has 0 saturated heterocycles. The van der Waals surface area contributed by atoms with E-state index in [0.29, 0.717) is 17.9 Å². The van der Waals surface area contributed by atoms with E-state index in [-0.39, 0.29) is 12.1 Å². The van der Waals surface area contributed by atoms with Crippen molar-refractivity contribution in [1.82, 2.24) is 16.2 Å². The van der Waals surface area contributed by atoms with E-state index in [1.54, 1.807) is 24.3 Å². The highest BCUT2D eigenvalue weighted by Gasteiger charge is 2.12. The lowest BCUT2D eigenvalue weighted by atomic mass is 10.2. The summed E-state index contributed by atoms with van der Waals surface area (Å²) in [5, 5.41) is 2.41. The Morgan fingerprint density at radius 2 is 1.65 bits per heavy atom. The predicted molar refractivity (Wildman–Crippen MR) is 92.0 cm³/mol. The van der Waals surface area contributed by atoms with E-state index in [0.717, 1.165) is 6.07 Å². The number of carbonyl (C=O) groups excluding carboxylic acids is 3. The lowest BCUT2D eigenvalue weighted by Crippen LogP contribution is -2.46. The molecule has 3 N–H and O–H groups in total. The predicted octanol–water partition coefficient (Wildman–Crippen LogP) is 1.42. The fraction of sp³-hybridized carbons (Fsp3) is 0.167. The second-order valence-corrected chi connectivity index (χ2v) is 5.12. The molecule has 2 aromatic carbocycles. The SMILES string of the molecule is CCOc1ccc(C(=O)NCC(=O)NNC(=O)c2ccccc2F)cc1. The van der Waals surface area contributed by atoms with Gasteiger partial charge in [0.05, 0.1) is 18.7 Å². The van der Waals surface area contributed by atoms with Crippen LogP contribution in [0.1, 0.15) is 27.6 Å². The van der Waals surface area contributed by atoms with Crippen molar-refractivity contribution in [1.29, 1.82) is 0 Å². The first-order valence-corrected chi connectivity index (χ1v) is 7.86. The van der Waals surface area contributed by atoms with E-state index < -0.39 is 23.5 Å². The Morgan fingerprint density at radius 1 is 0.962 bits per heavy atom. The lowest BCUT2D eigenvalue weighted by Gasteiger charge is -2.09. The van der Waals surface area contributed by atoms with Gasteiger partial charge < -0.3 is 10.1 Å². The maximum absolute atomic E-state index is 13.4. The standard InChI is InChI=1S/C18H18FN3O4/c1-2-26-13-9-7-12(8-10-13)17(24)20-11-16(23)21-22-18(25)14-5-3-4-6-15(14)19/h3-10H,2,11H2,1H3,(H,20,24)(H,21,23)(H,22,25). The van der Waals surface area contributed by atoms with E-state index in [9.17, 15) is 18.8 Å². The molecule has 0 atom stereocenters. The van der Waals surface area contributed by atoms with E-state index in [2.05, 4.69) is 16.2 Å². The van der Waals surface area contributed by atoms with Crippen LogP contribution in [0.3, 0.4) is 0 Å². The van der Waals surface area contributed by atoms with Gasteiger partial charge in [0.1, 0.15) is 11.6 Å². The van der Waals surface area contributed by atoms with Crippen molar-refractivity contribution in [2.75, 3.05) is 13.2 Å². The molecular formula is C18H18FN3O4. The summed E-state index contributed by atoms with van der Waals surface area (Å²) in [7, 11) is 0. The van der Waals surface area contributed by atoms with Gasteiger partial charge in [0.15, 0.2) is 0 Å². The molecule has 0 heterocycles. The number of carbonyl (C=O) groups is 3. The Bertz CT molecular complexity index is 793. The number of hydrazine groups is 1. The normalized spacial score (nSPS) is 9.92. The zero-order valence-electron chi connectivity index (χ0n) is 14.0. The van der Waals surface area contributed by atoms with E-state index in [1.165, 1.54) is 18.2 Å². The fourth-order valence-electron chi connectivity index (χ4n) is 2.02. The molecule has 0 bridgehead atoms. The highest BCUT2D eigenvalue weighted by Crippen LogP contribution is 2.11. The first-order valence-electron chi connectivity index (χ1n) is 7.86. The van der Waals surface area contributed by atoms with Gasteiger partial charge in [-0.25, -0.2) is 4.39 Å². The van der Waals surface area contributed by atoms with Crippen molar-refractivity contribution < 1.29 is 23.5 Å². The van der Waals surface area contributed by atoms with Crippen molar-refractivity contribution in [3.05, 3.63) is 65.5 Å². The number of hydrogen-bond acceptors (Lipinski definition) is 4. The van der Waals surface area contributed by atoms with Gasteiger partial charge in [-0.1, -0.05) is 12.1 Å². The number of hydrogen-bond donors (Lipinski definition) is 3. The van der Waals surface area contributed by atoms with Crippen LogP contribution in [0.5, 0.6) is 5.75 Å². The minimum absolute atomic E-state index is 0.203. The van der Waals surface area contributed by atoms with Gasteiger partial charge in [-0.15, -0.1) is 0 Å². The van der Waals surface area contributed by atoms with Gasteiger partial charge in [-0.3, -0.25) is 25.2 Å². The molecule has 8 heteroatoms. The third-order valence-corrected chi connectivity index (χ3v) is 3.27. The minimum atomic E-state index is -0.797. The van der Waals surface area contributed by atoms with Crippen LogP contribution in [0.2, 0.25) is 0 Å². The van der Waals surface area contributed by atoms with E-state index >= 15 is 0 Å². The van der Waals surface area contributed by atoms with Gasteiger partial charge in [-0.05, 0) is 43.3 Å². The topological polar surface area (TPSA) is 96.5 Å². The maximum Gasteiger partial charge on any atom is 0.272 e. The lowest BCUT2D eigenvalue weighted by molar-refractivity contribution is -0.120. The van der Waals surface area contributed by atoms with Gasteiger partial charge >= 0.3 is 0 Å². The van der Waals surface area contributed by atoms with E-state index in [1.807, 2.05) is 6.92 Å². The Hall–Kier alpha value is -3.42.